The van der Waals surface area contributed by atoms with Crippen molar-refractivity contribution in [1.82, 2.24) is 10.2 Å². The number of amides is 4. The Hall–Kier alpha value is -3.61. The van der Waals surface area contributed by atoms with Gasteiger partial charge in [-0.2, -0.15) is 0 Å². The average molecular weight is 365 g/mol. The number of hydrogen-bond donors (Lipinski definition) is 2. The van der Waals surface area contributed by atoms with Crippen LogP contribution in [0.3, 0.4) is 0 Å². The van der Waals surface area contributed by atoms with E-state index < -0.39 is 17.8 Å². The molecule has 7 nitrogen and oxygen atoms in total. The normalized spacial score (nSPS) is 15.0. The fourth-order valence-corrected chi connectivity index (χ4v) is 2.56. The quantitative estimate of drug-likeness (QED) is 0.630. The average Bonchev–Trinajstić information content (AvgIpc) is 2.91. The summed E-state index contributed by atoms with van der Waals surface area (Å²) in [4.78, 5) is 37.6. The first-order chi connectivity index (χ1) is 13.0. The molecule has 2 N–H and O–H groups in total. The van der Waals surface area contributed by atoms with Crippen molar-refractivity contribution in [3.05, 3.63) is 65.4 Å². The van der Waals surface area contributed by atoms with Gasteiger partial charge in [0.1, 0.15) is 18.0 Å². The Morgan fingerprint density at radius 3 is 2.41 bits per heavy atom. The number of urea groups is 1. The van der Waals surface area contributed by atoms with Gasteiger partial charge in [-0.25, -0.2) is 9.69 Å². The van der Waals surface area contributed by atoms with Crippen molar-refractivity contribution < 1.29 is 19.1 Å². The molecule has 4 amide bonds. The molecule has 0 aliphatic carbocycles. The zero-order chi connectivity index (χ0) is 19.4. The van der Waals surface area contributed by atoms with Crippen LogP contribution in [0.5, 0.6) is 5.75 Å². The molecule has 0 atom stereocenters. The van der Waals surface area contributed by atoms with Crippen LogP contribution < -0.4 is 15.4 Å². The molecule has 0 radical (unpaired) electrons. The topological polar surface area (TPSA) is 87.7 Å². The van der Waals surface area contributed by atoms with Gasteiger partial charge >= 0.3 is 6.03 Å². The first-order valence-corrected chi connectivity index (χ1v) is 8.31. The zero-order valence-corrected chi connectivity index (χ0v) is 15.0. The Morgan fingerprint density at radius 1 is 1.11 bits per heavy atom. The van der Waals surface area contributed by atoms with Crippen molar-refractivity contribution in [2.75, 3.05) is 19.0 Å². The van der Waals surface area contributed by atoms with Crippen LogP contribution in [0.25, 0.3) is 6.08 Å². The largest absolute Gasteiger partial charge is 0.497 e. The van der Waals surface area contributed by atoms with E-state index >= 15 is 0 Å². The molecular formula is C20H19N3O4. The molecule has 1 aliphatic rings. The number of carbonyl (C=O) groups excluding carboxylic acids is 3. The Balaban J connectivity index is 1.67. The summed E-state index contributed by atoms with van der Waals surface area (Å²) in [5, 5.41) is 5.16. The number of benzene rings is 2. The van der Waals surface area contributed by atoms with Crippen molar-refractivity contribution in [2.45, 2.75) is 6.92 Å². The van der Waals surface area contributed by atoms with Crippen molar-refractivity contribution in [3.8, 4) is 5.75 Å². The lowest BCUT2D eigenvalue weighted by molar-refractivity contribution is -0.127. The Bertz CT molecular complexity index is 902. The van der Waals surface area contributed by atoms with Gasteiger partial charge < -0.3 is 15.4 Å². The first-order valence-electron chi connectivity index (χ1n) is 8.31. The number of methoxy groups -OCH3 is 1. The second-order valence-electron chi connectivity index (χ2n) is 6.07. The van der Waals surface area contributed by atoms with Crippen molar-refractivity contribution in [3.63, 3.8) is 0 Å². The predicted octanol–water partition coefficient (Wildman–Crippen LogP) is 2.54. The van der Waals surface area contributed by atoms with E-state index in [4.69, 9.17) is 4.74 Å². The van der Waals surface area contributed by atoms with Crippen LogP contribution in [0.2, 0.25) is 0 Å². The standard InChI is InChI=1S/C20H19N3O4/c1-13-3-7-15(8-4-13)21-18(24)12-23-19(25)17(22-20(23)26)11-14-5-9-16(27-2)10-6-14/h3-11H,12H2,1-2H3,(H,21,24)(H,22,26)/b17-11+. The van der Waals surface area contributed by atoms with E-state index in [1.54, 1.807) is 49.6 Å². The Kier molecular flexibility index (Phi) is 5.21. The fourth-order valence-electron chi connectivity index (χ4n) is 2.56. The third-order valence-corrected chi connectivity index (χ3v) is 4.03. The molecule has 138 valence electrons. The molecular weight excluding hydrogens is 346 g/mol. The number of anilines is 1. The van der Waals surface area contributed by atoms with Crippen LogP contribution in [0.15, 0.2) is 54.2 Å². The lowest BCUT2D eigenvalue weighted by Crippen LogP contribution is -2.38. The summed E-state index contributed by atoms with van der Waals surface area (Å²) in [7, 11) is 1.56. The van der Waals surface area contributed by atoms with Crippen LogP contribution in [0, 0.1) is 6.92 Å². The third-order valence-electron chi connectivity index (χ3n) is 4.03. The zero-order valence-electron chi connectivity index (χ0n) is 15.0. The SMILES string of the molecule is COc1ccc(/C=C2/NC(=O)N(CC(=O)Nc3ccc(C)cc3)C2=O)cc1. The van der Waals surface area contributed by atoms with Crippen LogP contribution in [0.4, 0.5) is 10.5 Å². The van der Waals surface area contributed by atoms with Crippen molar-refractivity contribution >= 4 is 29.6 Å². The van der Waals surface area contributed by atoms with Gasteiger partial charge in [-0.15, -0.1) is 0 Å². The number of ether oxygens (including phenoxy) is 1. The highest BCUT2D eigenvalue weighted by molar-refractivity contribution is 6.15. The summed E-state index contributed by atoms with van der Waals surface area (Å²) >= 11 is 0. The lowest BCUT2D eigenvalue weighted by Gasteiger charge is -2.12. The molecule has 1 saturated heterocycles. The molecule has 7 heteroatoms. The van der Waals surface area contributed by atoms with E-state index in [2.05, 4.69) is 10.6 Å². The van der Waals surface area contributed by atoms with E-state index in [1.807, 2.05) is 19.1 Å². The van der Waals surface area contributed by atoms with Gasteiger partial charge in [-0.05, 0) is 42.8 Å². The van der Waals surface area contributed by atoms with Gasteiger partial charge in [0.2, 0.25) is 5.91 Å². The van der Waals surface area contributed by atoms with Gasteiger partial charge in [0.25, 0.3) is 5.91 Å². The third kappa shape index (κ3) is 4.33. The molecule has 0 spiro atoms. The summed E-state index contributed by atoms with van der Waals surface area (Å²) in [5.74, 6) is -0.309. The maximum atomic E-state index is 12.4. The number of nitrogens with one attached hydrogen (secondary N) is 2. The highest BCUT2D eigenvalue weighted by Gasteiger charge is 2.34. The van der Waals surface area contributed by atoms with Gasteiger partial charge in [-0.3, -0.25) is 9.59 Å². The molecule has 1 heterocycles. The van der Waals surface area contributed by atoms with Gasteiger partial charge in [0, 0.05) is 5.69 Å². The number of aryl methyl sites for hydroxylation is 1. The number of nitrogens with zero attached hydrogens (tertiary/aromatic N) is 1. The van der Waals surface area contributed by atoms with Crippen molar-refractivity contribution in [1.29, 1.82) is 0 Å². The minimum Gasteiger partial charge on any atom is -0.497 e. The molecule has 0 unspecified atom stereocenters. The molecule has 0 aromatic heterocycles. The smallest absolute Gasteiger partial charge is 0.329 e. The summed E-state index contributed by atoms with van der Waals surface area (Å²) in [6.07, 6.45) is 1.55. The number of rotatable bonds is 5. The minimum absolute atomic E-state index is 0.119. The molecule has 2 aromatic carbocycles. The monoisotopic (exact) mass is 365 g/mol. The van der Waals surface area contributed by atoms with Gasteiger partial charge in [0.05, 0.1) is 7.11 Å². The first kappa shape index (κ1) is 18.2. The van der Waals surface area contributed by atoms with E-state index in [1.165, 1.54) is 0 Å². The molecule has 27 heavy (non-hydrogen) atoms. The van der Waals surface area contributed by atoms with E-state index in [0.717, 1.165) is 16.0 Å². The molecule has 0 bridgehead atoms. The predicted molar refractivity (Wildman–Crippen MR) is 101 cm³/mol. The molecule has 1 fully saturated rings. The molecule has 2 aromatic rings. The summed E-state index contributed by atoms with van der Waals surface area (Å²) in [6, 6.07) is 13.6. The maximum Gasteiger partial charge on any atom is 0.329 e. The Morgan fingerprint density at radius 2 is 1.78 bits per heavy atom. The second-order valence-corrected chi connectivity index (χ2v) is 6.07. The van der Waals surface area contributed by atoms with E-state index in [9.17, 15) is 14.4 Å². The van der Waals surface area contributed by atoms with E-state index in [0.29, 0.717) is 11.4 Å². The summed E-state index contributed by atoms with van der Waals surface area (Å²) in [5.41, 5.74) is 2.51. The number of carbonyl (C=O) groups is 3. The van der Waals surface area contributed by atoms with Crippen LogP contribution in [-0.4, -0.2) is 36.4 Å². The highest BCUT2D eigenvalue weighted by Crippen LogP contribution is 2.17. The van der Waals surface area contributed by atoms with Gasteiger partial charge in [0.15, 0.2) is 0 Å². The van der Waals surface area contributed by atoms with Gasteiger partial charge in [-0.1, -0.05) is 29.8 Å². The minimum atomic E-state index is -0.626. The number of hydrogen-bond acceptors (Lipinski definition) is 4. The molecule has 3 rings (SSSR count). The lowest BCUT2D eigenvalue weighted by atomic mass is 10.2. The molecule has 1 aliphatic heterocycles. The van der Waals surface area contributed by atoms with E-state index in [-0.39, 0.29) is 12.2 Å². The maximum absolute atomic E-state index is 12.4. The van der Waals surface area contributed by atoms with Crippen molar-refractivity contribution in [2.24, 2.45) is 0 Å². The van der Waals surface area contributed by atoms with Crippen LogP contribution >= 0.6 is 0 Å². The number of imide groups is 1. The summed E-state index contributed by atoms with van der Waals surface area (Å²) in [6.45, 7) is 1.58. The fraction of sp³-hybridized carbons (Fsp3) is 0.150. The second kappa shape index (κ2) is 7.74. The summed E-state index contributed by atoms with van der Waals surface area (Å²) < 4.78 is 5.08. The van der Waals surface area contributed by atoms with Crippen LogP contribution in [0.1, 0.15) is 11.1 Å². The highest BCUT2D eigenvalue weighted by atomic mass is 16.5. The van der Waals surface area contributed by atoms with Crippen LogP contribution in [-0.2, 0) is 9.59 Å². The molecule has 0 saturated carbocycles. The Labute approximate surface area is 156 Å².